The lowest BCUT2D eigenvalue weighted by Gasteiger charge is -2.25. The molecule has 4 nitrogen and oxygen atoms in total. The maximum Gasteiger partial charge on any atom is 0.260 e. The Morgan fingerprint density at radius 1 is 1.20 bits per heavy atom. The van der Waals surface area contributed by atoms with Crippen molar-refractivity contribution in [2.24, 2.45) is 0 Å². The van der Waals surface area contributed by atoms with Crippen LogP contribution in [0.2, 0.25) is 10.0 Å². The van der Waals surface area contributed by atoms with Crippen LogP contribution in [0.15, 0.2) is 47.4 Å². The van der Waals surface area contributed by atoms with Gasteiger partial charge in [0.2, 0.25) is 0 Å². The highest BCUT2D eigenvalue weighted by Crippen LogP contribution is 2.27. The van der Waals surface area contributed by atoms with Crippen LogP contribution in [0.1, 0.15) is 18.5 Å². The van der Waals surface area contributed by atoms with Crippen molar-refractivity contribution in [3.63, 3.8) is 0 Å². The van der Waals surface area contributed by atoms with E-state index in [2.05, 4.69) is 0 Å². The van der Waals surface area contributed by atoms with Gasteiger partial charge in [-0.3, -0.25) is 9.00 Å². The molecule has 2 aromatic carbocycles. The summed E-state index contributed by atoms with van der Waals surface area (Å²) in [7, 11) is 0.693. The molecule has 7 heteroatoms. The first-order valence-electron chi connectivity index (χ1n) is 7.56. The van der Waals surface area contributed by atoms with Crippen LogP contribution >= 0.6 is 23.2 Å². The van der Waals surface area contributed by atoms with E-state index in [0.717, 1.165) is 10.5 Å². The molecule has 2 atom stereocenters. The maximum absolute atomic E-state index is 12.4. The lowest BCUT2D eigenvalue weighted by atomic mass is 10.1. The summed E-state index contributed by atoms with van der Waals surface area (Å²) in [5, 5.41) is 0.866. The molecule has 0 aliphatic rings. The molecule has 0 aromatic heterocycles. The molecule has 25 heavy (non-hydrogen) atoms. The Kier molecular flexibility index (Phi) is 6.87. The zero-order valence-corrected chi connectivity index (χ0v) is 16.5. The van der Waals surface area contributed by atoms with Gasteiger partial charge in [-0.25, -0.2) is 0 Å². The Labute approximate surface area is 160 Å². The Hall–Kier alpha value is -1.56. The topological polar surface area (TPSA) is 46.6 Å². The van der Waals surface area contributed by atoms with Crippen molar-refractivity contribution in [2.45, 2.75) is 17.9 Å². The third-order valence-corrected chi connectivity index (χ3v) is 5.38. The number of carbonyl (C=O) groups excluding carboxylic acids is 1. The third-order valence-electron chi connectivity index (χ3n) is 3.91. The first kappa shape index (κ1) is 19.8. The molecule has 134 valence electrons. The van der Waals surface area contributed by atoms with Gasteiger partial charge in [0, 0.05) is 34.0 Å². The molecule has 2 aromatic rings. The number of benzene rings is 2. The van der Waals surface area contributed by atoms with Gasteiger partial charge in [0.15, 0.2) is 6.61 Å². The van der Waals surface area contributed by atoms with Gasteiger partial charge in [-0.15, -0.1) is 0 Å². The summed E-state index contributed by atoms with van der Waals surface area (Å²) in [5.74, 6) is 0.233. The summed E-state index contributed by atoms with van der Waals surface area (Å²) in [6.07, 6.45) is 1.63. The van der Waals surface area contributed by atoms with Gasteiger partial charge in [0.1, 0.15) is 5.75 Å². The first-order chi connectivity index (χ1) is 11.8. The van der Waals surface area contributed by atoms with Crippen LogP contribution in [0.4, 0.5) is 0 Å². The maximum atomic E-state index is 12.4. The molecule has 1 amide bonds. The number of hydrogen-bond acceptors (Lipinski definition) is 3. The molecule has 0 spiro atoms. The highest BCUT2D eigenvalue weighted by atomic mass is 35.5. The van der Waals surface area contributed by atoms with Crippen molar-refractivity contribution in [3.8, 4) is 5.75 Å². The number of rotatable bonds is 6. The number of nitrogens with zero attached hydrogens (tertiary/aromatic N) is 1. The average Bonchev–Trinajstić information content (AvgIpc) is 2.59. The van der Waals surface area contributed by atoms with E-state index in [1.54, 1.807) is 36.4 Å². The van der Waals surface area contributed by atoms with E-state index in [4.69, 9.17) is 27.9 Å². The van der Waals surface area contributed by atoms with E-state index < -0.39 is 10.8 Å². The number of likely N-dealkylation sites (N-methyl/N-ethyl adjacent to an activating group) is 1. The summed E-state index contributed by atoms with van der Waals surface area (Å²) in [5.41, 5.74) is 0.953. The van der Waals surface area contributed by atoms with Crippen LogP contribution in [0, 0.1) is 0 Å². The van der Waals surface area contributed by atoms with Crippen molar-refractivity contribution in [3.05, 3.63) is 58.1 Å². The minimum atomic E-state index is -1.02. The summed E-state index contributed by atoms with van der Waals surface area (Å²) in [6.45, 7) is 1.80. The second-order valence-corrected chi connectivity index (χ2v) is 7.79. The third kappa shape index (κ3) is 5.21. The van der Waals surface area contributed by atoms with E-state index in [-0.39, 0.29) is 18.6 Å². The van der Waals surface area contributed by atoms with Gasteiger partial charge < -0.3 is 9.64 Å². The van der Waals surface area contributed by atoms with E-state index >= 15 is 0 Å². The van der Waals surface area contributed by atoms with Crippen LogP contribution in [0.25, 0.3) is 0 Å². The van der Waals surface area contributed by atoms with Crippen molar-refractivity contribution in [2.75, 3.05) is 19.9 Å². The fourth-order valence-corrected chi connectivity index (χ4v) is 3.19. The van der Waals surface area contributed by atoms with Gasteiger partial charge in [0.05, 0.1) is 11.1 Å². The molecule has 0 saturated heterocycles. The van der Waals surface area contributed by atoms with Gasteiger partial charge >= 0.3 is 0 Å². The van der Waals surface area contributed by atoms with E-state index in [9.17, 15) is 9.00 Å². The predicted molar refractivity (Wildman–Crippen MR) is 102 cm³/mol. The quantitative estimate of drug-likeness (QED) is 0.725. The second-order valence-electron chi connectivity index (χ2n) is 5.57. The normalized spacial score (nSPS) is 13.2. The number of halogens is 2. The molecule has 0 aliphatic heterocycles. The molecular weight excluding hydrogens is 381 g/mol. The lowest BCUT2D eigenvalue weighted by molar-refractivity contribution is -0.134. The van der Waals surface area contributed by atoms with Crippen LogP contribution in [0.3, 0.4) is 0 Å². The van der Waals surface area contributed by atoms with Crippen molar-refractivity contribution in [1.82, 2.24) is 4.90 Å². The Balaban J connectivity index is 1.99. The number of hydrogen-bond donors (Lipinski definition) is 0. The average molecular weight is 400 g/mol. The van der Waals surface area contributed by atoms with Gasteiger partial charge in [-0.1, -0.05) is 35.3 Å². The molecule has 2 rings (SSSR count). The summed E-state index contributed by atoms with van der Waals surface area (Å²) in [6, 6.07) is 12.1. The van der Waals surface area contributed by atoms with Gasteiger partial charge in [-0.2, -0.15) is 0 Å². The largest absolute Gasteiger partial charge is 0.482 e. The Morgan fingerprint density at radius 3 is 2.40 bits per heavy atom. The molecule has 0 N–H and O–H groups in total. The lowest BCUT2D eigenvalue weighted by Crippen LogP contribution is -2.33. The Bertz CT molecular complexity index is 780. The first-order valence-corrected chi connectivity index (χ1v) is 9.88. The van der Waals surface area contributed by atoms with Gasteiger partial charge in [-0.05, 0) is 42.8 Å². The smallest absolute Gasteiger partial charge is 0.260 e. The minimum Gasteiger partial charge on any atom is -0.482 e. The highest BCUT2D eigenvalue weighted by molar-refractivity contribution is 7.84. The minimum absolute atomic E-state index is 0.126. The van der Waals surface area contributed by atoms with E-state index in [0.29, 0.717) is 15.8 Å². The van der Waals surface area contributed by atoms with Gasteiger partial charge in [0.25, 0.3) is 5.91 Å². The molecule has 0 radical (unpaired) electrons. The summed E-state index contributed by atoms with van der Waals surface area (Å²) >= 11 is 11.9. The summed E-state index contributed by atoms with van der Waals surface area (Å²) < 4.78 is 16.9. The molecule has 0 heterocycles. The zero-order chi connectivity index (χ0) is 18.6. The fourth-order valence-electron chi connectivity index (χ4n) is 2.21. The van der Waals surface area contributed by atoms with Crippen molar-refractivity contribution < 1.29 is 13.7 Å². The second kappa shape index (κ2) is 8.70. The molecule has 0 fully saturated rings. The predicted octanol–water partition coefficient (Wildman–Crippen LogP) is 4.33. The molecule has 0 unspecified atom stereocenters. The zero-order valence-electron chi connectivity index (χ0n) is 14.2. The molecular formula is C18H19Cl2NO3S. The number of ether oxygens (including phenoxy) is 1. The SMILES string of the molecule is C[C@H](c1ccc([S@](C)=O)cc1)N(C)C(=O)COc1ccc(Cl)cc1Cl. The monoisotopic (exact) mass is 399 g/mol. The Morgan fingerprint density at radius 2 is 1.84 bits per heavy atom. The van der Waals surface area contributed by atoms with Crippen LogP contribution in [0.5, 0.6) is 5.75 Å². The number of carbonyl (C=O) groups is 1. The van der Waals surface area contributed by atoms with E-state index in [1.807, 2.05) is 31.2 Å². The summed E-state index contributed by atoms with van der Waals surface area (Å²) in [4.78, 5) is 14.7. The molecule has 0 aliphatic carbocycles. The molecule has 0 bridgehead atoms. The van der Waals surface area contributed by atoms with E-state index in [1.165, 1.54) is 0 Å². The highest BCUT2D eigenvalue weighted by Gasteiger charge is 2.18. The number of amides is 1. The van der Waals surface area contributed by atoms with Crippen molar-refractivity contribution >= 4 is 39.9 Å². The fraction of sp³-hybridized carbons (Fsp3) is 0.278. The van der Waals surface area contributed by atoms with Crippen molar-refractivity contribution in [1.29, 1.82) is 0 Å². The van der Waals surface area contributed by atoms with Crippen LogP contribution in [-0.4, -0.2) is 34.9 Å². The van der Waals surface area contributed by atoms with Crippen LogP contribution in [-0.2, 0) is 15.6 Å². The van der Waals surface area contributed by atoms with Crippen LogP contribution < -0.4 is 4.74 Å². The standard InChI is InChI=1S/C18H19Cl2NO3S/c1-12(13-4-7-15(8-5-13)25(3)23)21(2)18(22)11-24-17-9-6-14(19)10-16(17)20/h4-10,12H,11H2,1-3H3/t12-,25+/m1/s1. The molecule has 0 saturated carbocycles.